The minimum atomic E-state index is -3.44. The Hall–Kier alpha value is -3.03. The number of hydrogen-bond acceptors (Lipinski definition) is 5. The van der Waals surface area contributed by atoms with Gasteiger partial charge in [-0.2, -0.15) is 0 Å². The number of benzene rings is 3. The third kappa shape index (κ3) is 5.97. The smallest absolute Gasteiger partial charge is 0.229 e. The number of aromatic nitrogens is 1. The number of hydrogen-bond donors (Lipinski definition) is 0. The average Bonchev–Trinajstić information content (AvgIpc) is 3.27. The lowest BCUT2D eigenvalue weighted by Gasteiger charge is -2.20. The Morgan fingerprint density at radius 1 is 0.971 bits per heavy atom. The lowest BCUT2D eigenvalue weighted by atomic mass is 10.0. The van der Waals surface area contributed by atoms with Crippen LogP contribution in [0.2, 0.25) is 0 Å². The Morgan fingerprint density at radius 2 is 1.69 bits per heavy atom. The first kappa shape index (κ1) is 25.1. The summed E-state index contributed by atoms with van der Waals surface area (Å²) in [5.41, 5.74) is 4.08. The molecule has 3 aromatic carbocycles. The van der Waals surface area contributed by atoms with E-state index in [1.807, 2.05) is 49.4 Å². The summed E-state index contributed by atoms with van der Waals surface area (Å²) in [6.45, 7) is 6.58. The molecule has 0 saturated carbocycles. The number of amides is 1. The third-order valence-corrected chi connectivity index (χ3v) is 8.82. The number of carbonyl (C=O) groups excluding carboxylic acids is 1. The number of aryl methyl sites for hydroxylation is 1. The average molecular weight is 507 g/mol. The van der Waals surface area contributed by atoms with Crippen molar-refractivity contribution in [3.05, 3.63) is 89.5 Å². The zero-order chi connectivity index (χ0) is 25.0. The van der Waals surface area contributed by atoms with Crippen LogP contribution in [0.4, 0.5) is 5.13 Å². The first-order chi connectivity index (χ1) is 16.7. The fourth-order valence-corrected chi connectivity index (χ4v) is 6.31. The number of fused-ring (bicyclic) bond motifs is 1. The summed E-state index contributed by atoms with van der Waals surface area (Å²) >= 11 is 1.50. The Bertz CT molecular complexity index is 1410. The second-order valence-electron chi connectivity index (χ2n) is 9.05. The van der Waals surface area contributed by atoms with Crippen molar-refractivity contribution < 1.29 is 13.2 Å². The van der Waals surface area contributed by atoms with Gasteiger partial charge in [0, 0.05) is 6.42 Å². The van der Waals surface area contributed by atoms with Crippen LogP contribution in [0.15, 0.2) is 77.7 Å². The van der Waals surface area contributed by atoms with Crippen LogP contribution in [0.3, 0.4) is 0 Å². The van der Waals surface area contributed by atoms with Crippen LogP contribution in [0.1, 0.15) is 49.3 Å². The van der Waals surface area contributed by atoms with Crippen molar-refractivity contribution in [3.63, 3.8) is 0 Å². The van der Waals surface area contributed by atoms with Gasteiger partial charge in [-0.15, -0.1) is 0 Å². The van der Waals surface area contributed by atoms with Crippen LogP contribution in [0.25, 0.3) is 10.2 Å². The molecule has 4 aromatic rings. The molecular weight excluding hydrogens is 476 g/mol. The number of thiazole rings is 1. The van der Waals surface area contributed by atoms with Crippen molar-refractivity contribution in [1.29, 1.82) is 0 Å². The Kier molecular flexibility index (Phi) is 7.67. The summed E-state index contributed by atoms with van der Waals surface area (Å²) in [6.07, 6.45) is 0.382. The van der Waals surface area contributed by atoms with E-state index in [9.17, 15) is 13.2 Å². The van der Waals surface area contributed by atoms with Crippen LogP contribution in [-0.2, 0) is 21.2 Å². The van der Waals surface area contributed by atoms with E-state index in [-0.39, 0.29) is 24.5 Å². The van der Waals surface area contributed by atoms with Crippen molar-refractivity contribution in [3.8, 4) is 0 Å². The van der Waals surface area contributed by atoms with Crippen molar-refractivity contribution in [2.24, 2.45) is 0 Å². The van der Waals surface area contributed by atoms with Gasteiger partial charge in [-0.1, -0.05) is 85.3 Å². The number of carbonyl (C=O) groups is 1. The van der Waals surface area contributed by atoms with Gasteiger partial charge < -0.3 is 0 Å². The summed E-state index contributed by atoms with van der Waals surface area (Å²) in [7, 11) is -3.44. The molecule has 1 aromatic heterocycles. The van der Waals surface area contributed by atoms with Crippen molar-refractivity contribution in [2.75, 3.05) is 10.7 Å². The molecule has 0 saturated heterocycles. The monoisotopic (exact) mass is 506 g/mol. The first-order valence-corrected chi connectivity index (χ1v) is 14.2. The maximum atomic E-state index is 13.4. The Labute approximate surface area is 211 Å². The quantitative estimate of drug-likeness (QED) is 0.259. The molecule has 0 N–H and O–H groups in total. The van der Waals surface area contributed by atoms with E-state index in [1.165, 1.54) is 11.3 Å². The maximum Gasteiger partial charge on any atom is 0.229 e. The predicted molar refractivity (Wildman–Crippen MR) is 144 cm³/mol. The van der Waals surface area contributed by atoms with Crippen LogP contribution in [-0.4, -0.2) is 25.1 Å². The lowest BCUT2D eigenvalue weighted by Crippen LogP contribution is -2.30. The molecule has 0 fully saturated rings. The summed E-state index contributed by atoms with van der Waals surface area (Å²) in [6, 6.07) is 22.8. The number of rotatable bonds is 9. The van der Waals surface area contributed by atoms with Gasteiger partial charge >= 0.3 is 0 Å². The van der Waals surface area contributed by atoms with E-state index in [1.54, 1.807) is 29.2 Å². The van der Waals surface area contributed by atoms with Gasteiger partial charge in [0.1, 0.15) is 0 Å². The van der Waals surface area contributed by atoms with Gasteiger partial charge in [0.2, 0.25) is 5.91 Å². The summed E-state index contributed by atoms with van der Waals surface area (Å²) < 4.78 is 26.5. The van der Waals surface area contributed by atoms with Crippen LogP contribution in [0, 0.1) is 6.92 Å². The van der Waals surface area contributed by atoms with Gasteiger partial charge in [0.15, 0.2) is 15.0 Å². The molecule has 4 rings (SSSR count). The third-order valence-electron chi connectivity index (χ3n) is 5.96. The molecule has 7 heteroatoms. The van der Waals surface area contributed by atoms with E-state index in [0.717, 1.165) is 26.9 Å². The van der Waals surface area contributed by atoms with Crippen molar-refractivity contribution in [2.45, 2.75) is 51.0 Å². The highest BCUT2D eigenvalue weighted by Gasteiger charge is 2.23. The molecule has 0 atom stereocenters. The zero-order valence-electron chi connectivity index (χ0n) is 20.3. The van der Waals surface area contributed by atoms with Crippen LogP contribution in [0.5, 0.6) is 0 Å². The molecule has 0 unspecified atom stereocenters. The normalized spacial score (nSPS) is 11.8. The number of nitrogens with zero attached hydrogens (tertiary/aromatic N) is 2. The fourth-order valence-electron chi connectivity index (χ4n) is 3.98. The van der Waals surface area contributed by atoms with E-state index in [0.29, 0.717) is 22.5 Å². The standard InChI is InChI=1S/C28H30N2O3S2/c1-20(2)24-11-7-12-25-27(24)29-28(34-25)30(19-22-9-5-4-6-10-22)26(31)13-8-18-35(32,33)23-16-14-21(3)15-17-23/h4-7,9-12,14-17,20H,8,13,18-19H2,1-3H3. The maximum absolute atomic E-state index is 13.4. The first-order valence-electron chi connectivity index (χ1n) is 11.8. The highest BCUT2D eigenvalue weighted by atomic mass is 32.2. The van der Waals surface area contributed by atoms with Gasteiger partial charge in [-0.25, -0.2) is 13.4 Å². The van der Waals surface area contributed by atoms with Crippen molar-refractivity contribution >= 4 is 42.4 Å². The molecule has 5 nitrogen and oxygen atoms in total. The fraction of sp³-hybridized carbons (Fsp3) is 0.286. The number of anilines is 1. The van der Waals surface area contributed by atoms with Gasteiger partial charge in [-0.3, -0.25) is 9.69 Å². The Morgan fingerprint density at radius 3 is 2.37 bits per heavy atom. The lowest BCUT2D eigenvalue weighted by molar-refractivity contribution is -0.118. The largest absolute Gasteiger partial charge is 0.284 e. The molecule has 182 valence electrons. The Balaban J connectivity index is 1.56. The second-order valence-corrected chi connectivity index (χ2v) is 12.2. The zero-order valence-corrected chi connectivity index (χ0v) is 21.9. The van der Waals surface area contributed by atoms with E-state index < -0.39 is 9.84 Å². The molecule has 0 aliphatic rings. The number of para-hydroxylation sites is 1. The molecule has 0 spiro atoms. The van der Waals surface area contributed by atoms with E-state index in [4.69, 9.17) is 4.98 Å². The summed E-state index contributed by atoms with van der Waals surface area (Å²) in [4.78, 5) is 20.3. The second kappa shape index (κ2) is 10.7. The molecule has 35 heavy (non-hydrogen) atoms. The summed E-state index contributed by atoms with van der Waals surface area (Å²) in [5.74, 6) is 0.121. The predicted octanol–water partition coefficient (Wildman–Crippen LogP) is 6.52. The van der Waals surface area contributed by atoms with Crippen LogP contribution >= 0.6 is 11.3 Å². The molecule has 0 aliphatic heterocycles. The molecule has 1 heterocycles. The molecule has 0 radical (unpaired) electrons. The molecule has 1 amide bonds. The van der Waals surface area contributed by atoms with E-state index in [2.05, 4.69) is 19.9 Å². The topological polar surface area (TPSA) is 67.3 Å². The molecular formula is C28H30N2O3S2. The minimum absolute atomic E-state index is 0.0711. The van der Waals surface area contributed by atoms with Crippen molar-refractivity contribution in [1.82, 2.24) is 4.98 Å². The SMILES string of the molecule is Cc1ccc(S(=O)(=O)CCCC(=O)N(Cc2ccccc2)c2nc3c(C(C)C)cccc3s2)cc1. The van der Waals surface area contributed by atoms with Gasteiger partial charge in [0.25, 0.3) is 0 Å². The molecule has 0 aliphatic carbocycles. The highest BCUT2D eigenvalue weighted by Crippen LogP contribution is 2.34. The highest BCUT2D eigenvalue weighted by molar-refractivity contribution is 7.91. The number of sulfone groups is 1. The summed E-state index contributed by atoms with van der Waals surface area (Å²) in [5, 5.41) is 0.642. The van der Waals surface area contributed by atoms with Gasteiger partial charge in [-0.05, 0) is 48.6 Å². The molecule has 0 bridgehead atoms. The van der Waals surface area contributed by atoms with Gasteiger partial charge in [0.05, 0.1) is 27.4 Å². The van der Waals surface area contributed by atoms with Crippen LogP contribution < -0.4 is 4.90 Å². The minimum Gasteiger partial charge on any atom is -0.284 e. The van der Waals surface area contributed by atoms with E-state index >= 15 is 0 Å².